The number of fused-ring (bicyclic) bond motifs is 1. The fourth-order valence-electron chi connectivity index (χ4n) is 3.09. The van der Waals surface area contributed by atoms with Crippen LogP contribution in [0.15, 0.2) is 4.52 Å². The molecule has 0 fully saturated rings. The van der Waals surface area contributed by atoms with E-state index in [1.54, 1.807) is 6.92 Å². The first-order valence-electron chi connectivity index (χ1n) is 8.06. The standard InChI is InChI=1S/C17H20N2O4S/c1-4-11-13(9(2)23-19-11)15(20)18-16-14(17(21)22-3)10-7-5-6-8-12(10)24-16/h4-8H2,1-3H3,(H,18,20). The monoisotopic (exact) mass is 348 g/mol. The van der Waals surface area contributed by atoms with Gasteiger partial charge in [0.05, 0.1) is 18.4 Å². The van der Waals surface area contributed by atoms with Crippen LogP contribution in [-0.2, 0) is 24.0 Å². The van der Waals surface area contributed by atoms with Crippen LogP contribution in [0.5, 0.6) is 0 Å². The van der Waals surface area contributed by atoms with Crippen molar-refractivity contribution in [3.8, 4) is 0 Å². The molecule has 2 heterocycles. The second-order valence-corrected chi connectivity index (χ2v) is 6.88. The molecule has 1 aliphatic rings. The summed E-state index contributed by atoms with van der Waals surface area (Å²) in [6.45, 7) is 3.62. The molecule has 24 heavy (non-hydrogen) atoms. The van der Waals surface area contributed by atoms with Crippen molar-refractivity contribution in [1.82, 2.24) is 5.16 Å². The number of carbonyl (C=O) groups is 2. The Morgan fingerprint density at radius 3 is 2.75 bits per heavy atom. The van der Waals surface area contributed by atoms with Crippen LogP contribution in [0.25, 0.3) is 0 Å². The van der Waals surface area contributed by atoms with Gasteiger partial charge in [-0.1, -0.05) is 12.1 Å². The second-order valence-electron chi connectivity index (χ2n) is 5.77. The summed E-state index contributed by atoms with van der Waals surface area (Å²) >= 11 is 1.47. The van der Waals surface area contributed by atoms with Gasteiger partial charge in [0.1, 0.15) is 16.3 Å². The van der Waals surface area contributed by atoms with Gasteiger partial charge in [-0.05, 0) is 44.6 Å². The van der Waals surface area contributed by atoms with E-state index in [1.165, 1.54) is 18.4 Å². The number of amides is 1. The van der Waals surface area contributed by atoms with E-state index in [-0.39, 0.29) is 5.91 Å². The highest BCUT2D eigenvalue weighted by Crippen LogP contribution is 2.38. The molecule has 0 radical (unpaired) electrons. The fraction of sp³-hybridized carbons (Fsp3) is 0.471. The minimum atomic E-state index is -0.401. The summed E-state index contributed by atoms with van der Waals surface area (Å²) in [6.07, 6.45) is 4.54. The number of aromatic nitrogens is 1. The highest BCUT2D eigenvalue weighted by Gasteiger charge is 2.28. The van der Waals surface area contributed by atoms with Crippen LogP contribution in [0.4, 0.5) is 5.00 Å². The Balaban J connectivity index is 1.97. The summed E-state index contributed by atoms with van der Waals surface area (Å²) in [5, 5.41) is 7.35. The van der Waals surface area contributed by atoms with Crippen molar-refractivity contribution in [2.24, 2.45) is 0 Å². The summed E-state index contributed by atoms with van der Waals surface area (Å²) in [4.78, 5) is 26.1. The second kappa shape index (κ2) is 6.76. The van der Waals surface area contributed by atoms with Crippen molar-refractivity contribution in [2.75, 3.05) is 12.4 Å². The summed E-state index contributed by atoms with van der Waals surface area (Å²) in [7, 11) is 1.36. The Morgan fingerprint density at radius 1 is 1.29 bits per heavy atom. The number of rotatable bonds is 4. The number of thiophene rings is 1. The predicted molar refractivity (Wildman–Crippen MR) is 90.9 cm³/mol. The maximum Gasteiger partial charge on any atom is 0.341 e. The number of carbonyl (C=O) groups excluding carboxylic acids is 2. The molecule has 1 N–H and O–H groups in total. The van der Waals surface area contributed by atoms with Gasteiger partial charge in [0.2, 0.25) is 0 Å². The van der Waals surface area contributed by atoms with Gasteiger partial charge in [-0.15, -0.1) is 11.3 Å². The van der Waals surface area contributed by atoms with Crippen molar-refractivity contribution in [1.29, 1.82) is 0 Å². The molecule has 0 spiro atoms. The molecule has 0 saturated heterocycles. The van der Waals surface area contributed by atoms with Crippen LogP contribution in [0, 0.1) is 6.92 Å². The fourth-order valence-corrected chi connectivity index (χ4v) is 4.36. The molecule has 0 bridgehead atoms. The van der Waals surface area contributed by atoms with Gasteiger partial charge in [0.25, 0.3) is 5.91 Å². The first kappa shape index (κ1) is 16.7. The zero-order valence-corrected chi connectivity index (χ0v) is 14.8. The van der Waals surface area contributed by atoms with Crippen LogP contribution in [0.1, 0.15) is 62.4 Å². The third-order valence-electron chi connectivity index (χ3n) is 4.28. The normalized spacial score (nSPS) is 13.5. The van der Waals surface area contributed by atoms with E-state index in [0.29, 0.717) is 34.0 Å². The molecule has 1 amide bonds. The molecular formula is C17H20N2O4S. The first-order valence-corrected chi connectivity index (χ1v) is 8.87. The van der Waals surface area contributed by atoms with Crippen molar-refractivity contribution in [3.05, 3.63) is 33.0 Å². The molecule has 0 unspecified atom stereocenters. The Morgan fingerprint density at radius 2 is 2.04 bits per heavy atom. The maximum absolute atomic E-state index is 12.7. The summed E-state index contributed by atoms with van der Waals surface area (Å²) in [5.74, 6) is -0.220. The van der Waals surface area contributed by atoms with E-state index in [9.17, 15) is 9.59 Å². The largest absolute Gasteiger partial charge is 0.465 e. The van der Waals surface area contributed by atoms with Crippen molar-refractivity contribution >= 4 is 28.2 Å². The predicted octanol–water partition coefficient (Wildman–Crippen LogP) is 3.52. The third kappa shape index (κ3) is 2.84. The molecule has 2 aromatic heterocycles. The lowest BCUT2D eigenvalue weighted by Crippen LogP contribution is -2.16. The van der Waals surface area contributed by atoms with E-state index < -0.39 is 5.97 Å². The highest BCUT2D eigenvalue weighted by atomic mass is 32.1. The van der Waals surface area contributed by atoms with Crippen LogP contribution < -0.4 is 5.32 Å². The first-order chi connectivity index (χ1) is 11.6. The number of nitrogens with zero attached hydrogens (tertiary/aromatic N) is 1. The van der Waals surface area contributed by atoms with Crippen LogP contribution in [0.3, 0.4) is 0 Å². The van der Waals surface area contributed by atoms with Crippen molar-refractivity contribution < 1.29 is 18.8 Å². The van der Waals surface area contributed by atoms with Gasteiger partial charge in [-0.3, -0.25) is 4.79 Å². The zero-order valence-electron chi connectivity index (χ0n) is 14.0. The van der Waals surface area contributed by atoms with E-state index in [4.69, 9.17) is 9.26 Å². The lowest BCUT2D eigenvalue weighted by molar-refractivity contribution is 0.0601. The Labute approximate surface area is 144 Å². The van der Waals surface area contributed by atoms with E-state index >= 15 is 0 Å². The maximum atomic E-state index is 12.7. The lowest BCUT2D eigenvalue weighted by Gasteiger charge is -2.11. The highest BCUT2D eigenvalue weighted by molar-refractivity contribution is 7.17. The molecule has 3 rings (SSSR count). The smallest absolute Gasteiger partial charge is 0.341 e. The average molecular weight is 348 g/mol. The molecule has 0 aromatic carbocycles. The van der Waals surface area contributed by atoms with E-state index in [0.717, 1.165) is 36.1 Å². The number of esters is 1. The van der Waals surface area contributed by atoms with Gasteiger partial charge in [-0.25, -0.2) is 4.79 Å². The van der Waals surface area contributed by atoms with Gasteiger partial charge in [-0.2, -0.15) is 0 Å². The third-order valence-corrected chi connectivity index (χ3v) is 5.49. The zero-order chi connectivity index (χ0) is 17.3. The molecule has 0 atom stereocenters. The van der Waals surface area contributed by atoms with E-state index in [1.807, 2.05) is 6.92 Å². The van der Waals surface area contributed by atoms with Crippen LogP contribution in [-0.4, -0.2) is 24.1 Å². The Hall–Kier alpha value is -2.15. The number of nitrogens with one attached hydrogen (secondary N) is 1. The number of hydrogen-bond donors (Lipinski definition) is 1. The molecule has 0 aliphatic heterocycles. The van der Waals surface area contributed by atoms with Crippen LogP contribution in [0.2, 0.25) is 0 Å². The number of methoxy groups -OCH3 is 1. The molecule has 1 aliphatic carbocycles. The SMILES string of the molecule is CCc1noc(C)c1C(=O)Nc1sc2c(c1C(=O)OC)CCCC2. The molecular weight excluding hydrogens is 328 g/mol. The summed E-state index contributed by atoms with van der Waals surface area (Å²) in [6, 6.07) is 0. The number of hydrogen-bond acceptors (Lipinski definition) is 6. The Bertz CT molecular complexity index is 791. The molecule has 7 heteroatoms. The minimum Gasteiger partial charge on any atom is -0.465 e. The number of aryl methyl sites for hydroxylation is 3. The van der Waals surface area contributed by atoms with E-state index in [2.05, 4.69) is 10.5 Å². The quantitative estimate of drug-likeness (QED) is 0.855. The molecule has 2 aromatic rings. The topological polar surface area (TPSA) is 81.4 Å². The molecule has 0 saturated carbocycles. The van der Waals surface area contributed by atoms with Gasteiger partial charge in [0, 0.05) is 4.88 Å². The van der Waals surface area contributed by atoms with Gasteiger partial charge in [0.15, 0.2) is 0 Å². The van der Waals surface area contributed by atoms with Gasteiger partial charge >= 0.3 is 5.97 Å². The van der Waals surface area contributed by atoms with Crippen LogP contribution >= 0.6 is 11.3 Å². The van der Waals surface area contributed by atoms with Crippen molar-refractivity contribution in [3.63, 3.8) is 0 Å². The number of ether oxygens (including phenoxy) is 1. The summed E-state index contributed by atoms with van der Waals surface area (Å²) < 4.78 is 10.1. The molecule has 6 nitrogen and oxygen atoms in total. The lowest BCUT2D eigenvalue weighted by atomic mass is 9.95. The summed E-state index contributed by atoms with van der Waals surface area (Å²) in [5.41, 5.74) is 2.58. The average Bonchev–Trinajstić information content (AvgIpc) is 3.13. The number of anilines is 1. The van der Waals surface area contributed by atoms with Gasteiger partial charge < -0.3 is 14.6 Å². The Kier molecular flexibility index (Phi) is 4.71. The molecule has 128 valence electrons. The van der Waals surface area contributed by atoms with Crippen molar-refractivity contribution in [2.45, 2.75) is 46.0 Å². The minimum absolute atomic E-state index is 0.297.